The Morgan fingerprint density at radius 3 is 2.88 bits per heavy atom. The first kappa shape index (κ1) is 17.0. The predicted octanol–water partition coefficient (Wildman–Crippen LogP) is 1.77. The highest BCUT2D eigenvalue weighted by Crippen LogP contribution is 2.31. The van der Waals surface area contributed by atoms with E-state index >= 15 is 0 Å². The molecule has 0 aliphatic carbocycles. The minimum atomic E-state index is -0.539. The van der Waals surface area contributed by atoms with Crippen LogP contribution in [-0.4, -0.2) is 62.5 Å². The van der Waals surface area contributed by atoms with Crippen LogP contribution in [-0.2, 0) is 10.3 Å². The Bertz CT molecular complexity index is 902. The third-order valence-electron chi connectivity index (χ3n) is 4.88. The number of rotatable bonds is 4. The lowest BCUT2D eigenvalue weighted by Crippen LogP contribution is -2.44. The number of aliphatic hydroxyl groups excluding tert-OH is 1. The largest absolute Gasteiger partial charge is 0.394 e. The van der Waals surface area contributed by atoms with E-state index in [1.807, 2.05) is 36.7 Å². The lowest BCUT2D eigenvalue weighted by atomic mass is 10.1. The Morgan fingerprint density at radius 2 is 2.19 bits per heavy atom. The first-order valence-corrected chi connectivity index (χ1v) is 8.87. The van der Waals surface area contributed by atoms with Crippen LogP contribution in [0.25, 0.3) is 22.4 Å². The fraction of sp³-hybridized carbons (Fsp3) is 0.500. The molecule has 1 fully saturated rings. The number of aromatic nitrogens is 5. The van der Waals surface area contributed by atoms with Crippen molar-refractivity contribution in [3.8, 4) is 11.4 Å². The van der Waals surface area contributed by atoms with Gasteiger partial charge >= 0.3 is 0 Å². The van der Waals surface area contributed by atoms with E-state index in [2.05, 4.69) is 22.0 Å². The molecule has 138 valence electrons. The second-order valence-electron chi connectivity index (χ2n) is 7.34. The summed E-state index contributed by atoms with van der Waals surface area (Å²) in [6.45, 7) is 8.23. The average Bonchev–Trinajstić information content (AvgIpc) is 3.29. The summed E-state index contributed by atoms with van der Waals surface area (Å²) in [5.41, 5.74) is 2.58. The molecule has 0 radical (unpaired) electrons. The number of hydrogen-bond donors (Lipinski definition) is 2. The maximum absolute atomic E-state index is 9.81. The highest BCUT2D eigenvalue weighted by Gasteiger charge is 2.27. The van der Waals surface area contributed by atoms with E-state index in [-0.39, 0.29) is 12.6 Å². The Labute approximate surface area is 151 Å². The first-order chi connectivity index (χ1) is 12.5. The Balaban J connectivity index is 1.89. The Hall–Kier alpha value is -2.45. The quantitative estimate of drug-likeness (QED) is 0.740. The highest BCUT2D eigenvalue weighted by atomic mass is 16.5. The van der Waals surface area contributed by atoms with Crippen LogP contribution >= 0.6 is 0 Å². The van der Waals surface area contributed by atoms with Gasteiger partial charge in [0.2, 0.25) is 0 Å². The summed E-state index contributed by atoms with van der Waals surface area (Å²) in [7, 11) is 0. The number of aliphatic hydroxyl groups is 1. The molecule has 0 aromatic carbocycles. The number of anilines is 1. The van der Waals surface area contributed by atoms with Gasteiger partial charge in [-0.1, -0.05) is 0 Å². The molecule has 0 amide bonds. The van der Waals surface area contributed by atoms with E-state index in [1.165, 1.54) is 0 Å². The molecule has 3 aromatic rings. The van der Waals surface area contributed by atoms with Gasteiger partial charge in [0.1, 0.15) is 22.7 Å². The molecule has 0 saturated carbocycles. The number of nitrogens with one attached hydrogen (secondary N) is 1. The van der Waals surface area contributed by atoms with Gasteiger partial charge in [-0.2, -0.15) is 10.2 Å². The topological polar surface area (TPSA) is 92.1 Å². The van der Waals surface area contributed by atoms with E-state index < -0.39 is 5.54 Å². The van der Waals surface area contributed by atoms with Gasteiger partial charge in [0.15, 0.2) is 0 Å². The van der Waals surface area contributed by atoms with Gasteiger partial charge in [-0.05, 0) is 39.0 Å². The van der Waals surface area contributed by atoms with E-state index in [0.717, 1.165) is 29.1 Å². The molecular weight excluding hydrogens is 332 g/mol. The monoisotopic (exact) mass is 356 g/mol. The third-order valence-corrected chi connectivity index (χ3v) is 4.88. The fourth-order valence-corrected chi connectivity index (χ4v) is 3.31. The summed E-state index contributed by atoms with van der Waals surface area (Å²) in [5, 5.41) is 21.7. The van der Waals surface area contributed by atoms with Gasteiger partial charge < -0.3 is 14.7 Å². The number of morpholine rings is 1. The van der Waals surface area contributed by atoms with Gasteiger partial charge in [0, 0.05) is 12.7 Å². The zero-order valence-electron chi connectivity index (χ0n) is 15.3. The molecular formula is C18H24N6O2. The number of H-pyrrole nitrogens is 1. The second-order valence-corrected chi connectivity index (χ2v) is 7.34. The molecule has 1 aliphatic rings. The van der Waals surface area contributed by atoms with Crippen LogP contribution < -0.4 is 4.90 Å². The second kappa shape index (κ2) is 6.37. The SMILES string of the molecule is C[C@@H]1COCCN1c1ccc2c(n1)c(-c1cc[nH]n1)nn2C(C)(C)CO. The molecule has 4 rings (SSSR count). The molecule has 4 heterocycles. The number of aromatic amines is 1. The smallest absolute Gasteiger partial charge is 0.139 e. The van der Waals surface area contributed by atoms with Crippen molar-refractivity contribution >= 4 is 16.9 Å². The van der Waals surface area contributed by atoms with E-state index in [0.29, 0.717) is 18.9 Å². The third kappa shape index (κ3) is 2.75. The molecule has 1 saturated heterocycles. The zero-order valence-corrected chi connectivity index (χ0v) is 15.3. The van der Waals surface area contributed by atoms with Crippen LogP contribution in [0.1, 0.15) is 20.8 Å². The molecule has 8 nitrogen and oxygen atoms in total. The number of fused-ring (bicyclic) bond motifs is 1. The summed E-state index contributed by atoms with van der Waals surface area (Å²) in [6, 6.07) is 6.19. The summed E-state index contributed by atoms with van der Waals surface area (Å²) < 4.78 is 7.38. The molecule has 0 spiro atoms. The van der Waals surface area contributed by atoms with Gasteiger partial charge in [0.05, 0.1) is 36.9 Å². The Kier molecular flexibility index (Phi) is 4.16. The van der Waals surface area contributed by atoms with Gasteiger partial charge in [0.25, 0.3) is 0 Å². The number of nitrogens with zero attached hydrogens (tertiary/aromatic N) is 5. The van der Waals surface area contributed by atoms with Crippen molar-refractivity contribution in [2.75, 3.05) is 31.3 Å². The van der Waals surface area contributed by atoms with Crippen LogP contribution in [0.4, 0.5) is 5.82 Å². The van der Waals surface area contributed by atoms with Gasteiger partial charge in [-0.3, -0.25) is 9.78 Å². The molecule has 0 bridgehead atoms. The van der Waals surface area contributed by atoms with Crippen LogP contribution in [0.15, 0.2) is 24.4 Å². The number of ether oxygens (including phenoxy) is 1. The molecule has 1 aliphatic heterocycles. The summed E-state index contributed by atoms with van der Waals surface area (Å²) in [4.78, 5) is 7.18. The van der Waals surface area contributed by atoms with E-state index in [9.17, 15) is 5.11 Å². The summed E-state index contributed by atoms with van der Waals surface area (Å²) in [6.07, 6.45) is 1.77. The lowest BCUT2D eigenvalue weighted by Gasteiger charge is -2.34. The molecule has 0 unspecified atom stereocenters. The normalized spacial score (nSPS) is 18.6. The van der Waals surface area contributed by atoms with E-state index in [4.69, 9.17) is 14.8 Å². The molecule has 1 atom stereocenters. The van der Waals surface area contributed by atoms with Crippen molar-refractivity contribution in [1.29, 1.82) is 0 Å². The molecule has 2 N–H and O–H groups in total. The average molecular weight is 356 g/mol. The molecule has 3 aromatic heterocycles. The van der Waals surface area contributed by atoms with Crippen molar-refractivity contribution in [2.45, 2.75) is 32.4 Å². The zero-order chi connectivity index (χ0) is 18.3. The van der Waals surface area contributed by atoms with Crippen molar-refractivity contribution in [1.82, 2.24) is 25.0 Å². The van der Waals surface area contributed by atoms with Crippen molar-refractivity contribution in [2.24, 2.45) is 0 Å². The lowest BCUT2D eigenvalue weighted by molar-refractivity contribution is 0.0986. The van der Waals surface area contributed by atoms with Crippen LogP contribution in [0.2, 0.25) is 0 Å². The highest BCUT2D eigenvalue weighted by molar-refractivity contribution is 5.90. The number of hydrogen-bond acceptors (Lipinski definition) is 6. The van der Waals surface area contributed by atoms with Gasteiger partial charge in [-0.15, -0.1) is 0 Å². The van der Waals surface area contributed by atoms with Crippen LogP contribution in [0.3, 0.4) is 0 Å². The van der Waals surface area contributed by atoms with Gasteiger partial charge in [-0.25, -0.2) is 4.98 Å². The van der Waals surface area contributed by atoms with Crippen LogP contribution in [0, 0.1) is 0 Å². The minimum Gasteiger partial charge on any atom is -0.394 e. The van der Waals surface area contributed by atoms with Crippen LogP contribution in [0.5, 0.6) is 0 Å². The fourth-order valence-electron chi connectivity index (χ4n) is 3.31. The standard InChI is InChI=1S/C18H24N6O2/c1-12-10-26-9-8-23(12)15-5-4-14-17(20-15)16(13-6-7-19-21-13)22-24(14)18(2,3)11-25/h4-7,12,25H,8-11H2,1-3H3,(H,19,21)/t12-/m1/s1. The molecule has 8 heteroatoms. The molecule has 26 heavy (non-hydrogen) atoms. The summed E-state index contributed by atoms with van der Waals surface area (Å²) in [5.74, 6) is 0.909. The maximum Gasteiger partial charge on any atom is 0.139 e. The predicted molar refractivity (Wildman–Crippen MR) is 99.1 cm³/mol. The first-order valence-electron chi connectivity index (χ1n) is 8.87. The van der Waals surface area contributed by atoms with Crippen molar-refractivity contribution in [3.63, 3.8) is 0 Å². The Morgan fingerprint density at radius 1 is 1.35 bits per heavy atom. The summed E-state index contributed by atoms with van der Waals surface area (Å²) >= 11 is 0. The van der Waals surface area contributed by atoms with Crippen molar-refractivity contribution in [3.05, 3.63) is 24.4 Å². The maximum atomic E-state index is 9.81. The van der Waals surface area contributed by atoms with E-state index in [1.54, 1.807) is 6.20 Å². The van der Waals surface area contributed by atoms with Crippen molar-refractivity contribution < 1.29 is 9.84 Å². The minimum absolute atomic E-state index is 0.0218. The number of pyridine rings is 1.